The smallest absolute Gasteiger partial charge is 0.152 e. The van der Waals surface area contributed by atoms with E-state index >= 15 is 0 Å². The van der Waals surface area contributed by atoms with Gasteiger partial charge in [0.15, 0.2) is 5.76 Å². The summed E-state index contributed by atoms with van der Waals surface area (Å²) in [7, 11) is 3.98. The van der Waals surface area contributed by atoms with Gasteiger partial charge in [-0.05, 0) is 26.1 Å². The highest BCUT2D eigenvalue weighted by atomic mass is 16.3. The number of H-pyrrole nitrogens is 1. The van der Waals surface area contributed by atoms with Gasteiger partial charge in [0.25, 0.3) is 0 Å². The van der Waals surface area contributed by atoms with E-state index in [1.165, 1.54) is 0 Å². The van der Waals surface area contributed by atoms with Gasteiger partial charge in [-0.2, -0.15) is 5.10 Å². The minimum atomic E-state index is 0.721. The van der Waals surface area contributed by atoms with E-state index < -0.39 is 0 Å². The first kappa shape index (κ1) is 13.6. The lowest BCUT2D eigenvalue weighted by Gasteiger charge is -2.15. The summed E-state index contributed by atoms with van der Waals surface area (Å²) < 4.78 is 7.58. The van der Waals surface area contributed by atoms with Gasteiger partial charge in [0, 0.05) is 19.2 Å². The van der Waals surface area contributed by atoms with Crippen LogP contribution in [0.4, 0.5) is 0 Å². The van der Waals surface area contributed by atoms with Crippen molar-refractivity contribution in [1.82, 2.24) is 29.9 Å². The van der Waals surface area contributed by atoms with Crippen molar-refractivity contribution < 1.29 is 4.42 Å². The molecule has 3 rings (SSSR count). The van der Waals surface area contributed by atoms with Crippen LogP contribution < -0.4 is 0 Å². The molecule has 7 heteroatoms. The monoisotopic (exact) mass is 286 g/mol. The molecule has 3 aromatic rings. The first-order valence-electron chi connectivity index (χ1n) is 6.74. The van der Waals surface area contributed by atoms with Gasteiger partial charge in [0.2, 0.25) is 0 Å². The topological polar surface area (TPSA) is 75.8 Å². The molecule has 0 fully saturated rings. The molecular formula is C14H18N6O. The van der Waals surface area contributed by atoms with Crippen LogP contribution in [0.25, 0.3) is 11.5 Å². The number of hydrogen-bond acceptors (Lipinski definition) is 5. The van der Waals surface area contributed by atoms with Crippen LogP contribution in [0.1, 0.15) is 17.1 Å². The van der Waals surface area contributed by atoms with Gasteiger partial charge in [-0.25, -0.2) is 0 Å². The lowest BCUT2D eigenvalue weighted by Crippen LogP contribution is -2.19. The van der Waals surface area contributed by atoms with Crippen LogP contribution in [0.5, 0.6) is 0 Å². The minimum Gasteiger partial charge on any atom is -0.460 e. The van der Waals surface area contributed by atoms with Gasteiger partial charge < -0.3 is 8.98 Å². The Bertz CT molecular complexity index is 725. The van der Waals surface area contributed by atoms with Gasteiger partial charge in [-0.15, -0.1) is 10.2 Å². The maximum atomic E-state index is 5.66. The molecule has 0 saturated carbocycles. The fraction of sp³-hybridized carbons (Fsp3) is 0.357. The Balaban J connectivity index is 1.74. The van der Waals surface area contributed by atoms with Crippen LogP contribution in [0.15, 0.2) is 29.1 Å². The summed E-state index contributed by atoms with van der Waals surface area (Å²) >= 11 is 0. The normalized spacial score (nSPS) is 11.4. The molecule has 0 atom stereocenters. The Labute approximate surface area is 122 Å². The Hall–Kier alpha value is -2.41. The molecule has 0 spiro atoms. The Morgan fingerprint density at radius 3 is 2.86 bits per heavy atom. The number of aryl methyl sites for hydroxylation is 2. The van der Waals surface area contributed by atoms with E-state index in [0.29, 0.717) is 0 Å². The predicted octanol–water partition coefficient (Wildman–Crippen LogP) is 1.74. The first-order valence-corrected chi connectivity index (χ1v) is 6.74. The number of aromatic nitrogens is 5. The standard InChI is InChI=1S/C14H18N6O/c1-10-4-5-12(21-10)14-11(6-15-18-14)7-19(2)8-13-17-16-9-20(13)3/h4-6,9H,7-8H2,1-3H3,(H,15,18). The van der Waals surface area contributed by atoms with Crippen LogP contribution >= 0.6 is 0 Å². The van der Waals surface area contributed by atoms with E-state index in [-0.39, 0.29) is 0 Å². The fourth-order valence-electron chi connectivity index (χ4n) is 2.25. The van der Waals surface area contributed by atoms with E-state index in [4.69, 9.17) is 4.42 Å². The third-order valence-corrected chi connectivity index (χ3v) is 3.36. The molecule has 0 bridgehead atoms. The molecule has 0 saturated heterocycles. The summed E-state index contributed by atoms with van der Waals surface area (Å²) in [4.78, 5) is 2.16. The number of furan rings is 1. The molecule has 3 aromatic heterocycles. The number of rotatable bonds is 5. The molecule has 7 nitrogen and oxygen atoms in total. The third kappa shape index (κ3) is 2.87. The van der Waals surface area contributed by atoms with Crippen molar-refractivity contribution in [1.29, 1.82) is 0 Å². The molecule has 0 aliphatic heterocycles. The van der Waals surface area contributed by atoms with Gasteiger partial charge in [0.05, 0.1) is 12.7 Å². The molecular weight excluding hydrogens is 268 g/mol. The van der Waals surface area contributed by atoms with E-state index in [1.54, 1.807) is 6.33 Å². The van der Waals surface area contributed by atoms with Crippen molar-refractivity contribution in [3.8, 4) is 11.5 Å². The number of nitrogens with zero attached hydrogens (tertiary/aromatic N) is 5. The van der Waals surface area contributed by atoms with E-state index in [9.17, 15) is 0 Å². The second kappa shape index (κ2) is 5.53. The highest BCUT2D eigenvalue weighted by Crippen LogP contribution is 2.24. The SMILES string of the molecule is Cc1ccc(-c2[nH]ncc2CN(C)Cc2nncn2C)o1. The van der Waals surface area contributed by atoms with Crippen molar-refractivity contribution in [2.75, 3.05) is 7.05 Å². The van der Waals surface area contributed by atoms with Crippen LogP contribution in [-0.4, -0.2) is 36.9 Å². The number of aromatic amines is 1. The van der Waals surface area contributed by atoms with E-state index in [1.807, 2.05) is 43.9 Å². The van der Waals surface area contributed by atoms with Gasteiger partial charge in [0.1, 0.15) is 23.6 Å². The summed E-state index contributed by atoms with van der Waals surface area (Å²) in [5, 5.41) is 15.1. The predicted molar refractivity (Wildman–Crippen MR) is 77.2 cm³/mol. The van der Waals surface area contributed by atoms with Gasteiger partial charge in [-0.3, -0.25) is 10.00 Å². The quantitative estimate of drug-likeness (QED) is 0.773. The van der Waals surface area contributed by atoms with Crippen molar-refractivity contribution in [3.05, 3.63) is 41.8 Å². The molecule has 21 heavy (non-hydrogen) atoms. The largest absolute Gasteiger partial charge is 0.460 e. The maximum absolute atomic E-state index is 5.66. The lowest BCUT2D eigenvalue weighted by atomic mass is 10.2. The summed E-state index contributed by atoms with van der Waals surface area (Å²) in [5.74, 6) is 2.63. The van der Waals surface area contributed by atoms with Crippen molar-refractivity contribution in [2.45, 2.75) is 20.0 Å². The first-order chi connectivity index (χ1) is 10.1. The molecule has 0 amide bonds. The molecule has 110 valence electrons. The second-order valence-corrected chi connectivity index (χ2v) is 5.21. The van der Waals surface area contributed by atoms with Crippen molar-refractivity contribution in [2.24, 2.45) is 7.05 Å². The summed E-state index contributed by atoms with van der Waals surface area (Å²) in [6.45, 7) is 3.40. The molecule has 0 unspecified atom stereocenters. The van der Waals surface area contributed by atoms with E-state index in [0.717, 1.165) is 41.7 Å². The highest BCUT2D eigenvalue weighted by molar-refractivity contribution is 5.56. The highest BCUT2D eigenvalue weighted by Gasteiger charge is 2.14. The molecule has 0 aliphatic carbocycles. The molecule has 1 N–H and O–H groups in total. The van der Waals surface area contributed by atoms with Crippen LogP contribution in [0, 0.1) is 6.92 Å². The average molecular weight is 286 g/mol. The summed E-state index contributed by atoms with van der Waals surface area (Å²) in [6, 6.07) is 3.90. The summed E-state index contributed by atoms with van der Waals surface area (Å²) in [5.41, 5.74) is 2.02. The van der Waals surface area contributed by atoms with Gasteiger partial charge in [-0.1, -0.05) is 0 Å². The van der Waals surface area contributed by atoms with Crippen LogP contribution in [0.3, 0.4) is 0 Å². The molecule has 3 heterocycles. The number of nitrogens with one attached hydrogen (secondary N) is 1. The Kier molecular flexibility index (Phi) is 3.57. The Morgan fingerprint density at radius 1 is 1.33 bits per heavy atom. The Morgan fingerprint density at radius 2 is 2.19 bits per heavy atom. The van der Waals surface area contributed by atoms with E-state index in [2.05, 4.69) is 25.3 Å². The van der Waals surface area contributed by atoms with Crippen LogP contribution in [0.2, 0.25) is 0 Å². The third-order valence-electron chi connectivity index (χ3n) is 3.36. The zero-order valence-electron chi connectivity index (χ0n) is 12.4. The fourth-order valence-corrected chi connectivity index (χ4v) is 2.25. The van der Waals surface area contributed by atoms with Gasteiger partial charge >= 0.3 is 0 Å². The summed E-state index contributed by atoms with van der Waals surface area (Å²) in [6.07, 6.45) is 3.54. The number of hydrogen-bond donors (Lipinski definition) is 1. The second-order valence-electron chi connectivity index (χ2n) is 5.21. The minimum absolute atomic E-state index is 0.721. The molecule has 0 aliphatic rings. The van der Waals surface area contributed by atoms with Crippen LogP contribution in [-0.2, 0) is 20.1 Å². The van der Waals surface area contributed by atoms with Crippen molar-refractivity contribution in [3.63, 3.8) is 0 Å². The average Bonchev–Trinajstić information content (AvgIpc) is 3.13. The molecule has 0 radical (unpaired) electrons. The zero-order valence-corrected chi connectivity index (χ0v) is 12.4. The zero-order chi connectivity index (χ0) is 14.8. The van der Waals surface area contributed by atoms with Crippen molar-refractivity contribution >= 4 is 0 Å². The molecule has 0 aromatic carbocycles. The maximum Gasteiger partial charge on any atom is 0.152 e. The lowest BCUT2D eigenvalue weighted by molar-refractivity contribution is 0.307.